The molecule has 1 aliphatic heterocycles. The third-order valence-electron chi connectivity index (χ3n) is 5.05. The Hall–Kier alpha value is -1.94. The summed E-state index contributed by atoms with van der Waals surface area (Å²) >= 11 is 0. The van der Waals surface area contributed by atoms with Crippen LogP contribution in [0.15, 0.2) is 30.3 Å². The van der Waals surface area contributed by atoms with E-state index in [1.54, 1.807) is 0 Å². The highest BCUT2D eigenvalue weighted by Crippen LogP contribution is 2.40. The third-order valence-corrected chi connectivity index (χ3v) is 5.05. The van der Waals surface area contributed by atoms with Crippen molar-refractivity contribution in [2.75, 3.05) is 6.54 Å². The van der Waals surface area contributed by atoms with Crippen LogP contribution in [0.5, 0.6) is 0 Å². The van der Waals surface area contributed by atoms with Gasteiger partial charge in [0.25, 0.3) is 5.91 Å². The van der Waals surface area contributed by atoms with E-state index in [1.165, 1.54) is 12.8 Å². The van der Waals surface area contributed by atoms with Crippen LogP contribution in [0.1, 0.15) is 54.6 Å². The second kappa shape index (κ2) is 5.93. The molecule has 2 N–H and O–H groups in total. The Morgan fingerprint density at radius 2 is 2.09 bits per heavy atom. The third kappa shape index (κ3) is 2.95. The molecular formula is C19H23N3O. The minimum Gasteiger partial charge on any atom is -0.348 e. The van der Waals surface area contributed by atoms with Crippen molar-refractivity contribution < 1.29 is 4.79 Å². The van der Waals surface area contributed by atoms with Crippen molar-refractivity contribution in [2.24, 2.45) is 0 Å². The Labute approximate surface area is 136 Å². The van der Waals surface area contributed by atoms with E-state index in [0.29, 0.717) is 12.0 Å². The van der Waals surface area contributed by atoms with Crippen molar-refractivity contribution in [3.8, 4) is 0 Å². The number of fused-ring (bicyclic) bond motifs is 1. The van der Waals surface area contributed by atoms with Crippen LogP contribution >= 0.6 is 0 Å². The molecule has 1 aromatic carbocycles. The number of piperidine rings is 1. The number of nitrogens with one attached hydrogen (secondary N) is 2. The molecule has 120 valence electrons. The molecule has 2 fully saturated rings. The fourth-order valence-corrected chi connectivity index (χ4v) is 3.46. The van der Waals surface area contributed by atoms with Crippen LogP contribution in [0.4, 0.5) is 0 Å². The van der Waals surface area contributed by atoms with E-state index < -0.39 is 0 Å². The lowest BCUT2D eigenvalue weighted by Crippen LogP contribution is -2.51. The highest BCUT2D eigenvalue weighted by atomic mass is 16.1. The van der Waals surface area contributed by atoms with Gasteiger partial charge in [-0.15, -0.1) is 0 Å². The Balaban J connectivity index is 1.67. The number of para-hydroxylation sites is 1. The summed E-state index contributed by atoms with van der Waals surface area (Å²) in [4.78, 5) is 17.7. The first-order valence-corrected chi connectivity index (χ1v) is 8.66. The molecule has 4 nitrogen and oxygen atoms in total. The van der Waals surface area contributed by atoms with Gasteiger partial charge in [-0.3, -0.25) is 9.78 Å². The SMILES string of the molecule is CC1NCCCC1NC(=O)c1cc(C2CC2)nc2ccccc12. The number of pyridine rings is 1. The Bertz CT molecular complexity index is 738. The quantitative estimate of drug-likeness (QED) is 0.916. The second-order valence-electron chi connectivity index (χ2n) is 6.85. The van der Waals surface area contributed by atoms with Gasteiger partial charge in [-0.2, -0.15) is 0 Å². The number of nitrogens with zero attached hydrogens (tertiary/aromatic N) is 1. The summed E-state index contributed by atoms with van der Waals surface area (Å²) in [5, 5.41) is 7.62. The van der Waals surface area contributed by atoms with Gasteiger partial charge in [-0.05, 0) is 51.3 Å². The van der Waals surface area contributed by atoms with E-state index in [2.05, 4.69) is 17.6 Å². The van der Waals surface area contributed by atoms with Crippen molar-refractivity contribution >= 4 is 16.8 Å². The van der Waals surface area contributed by atoms with Gasteiger partial charge in [0.2, 0.25) is 0 Å². The fourth-order valence-electron chi connectivity index (χ4n) is 3.46. The normalized spacial score (nSPS) is 24.6. The first-order valence-electron chi connectivity index (χ1n) is 8.66. The summed E-state index contributed by atoms with van der Waals surface area (Å²) < 4.78 is 0. The monoisotopic (exact) mass is 309 g/mol. The fraction of sp³-hybridized carbons (Fsp3) is 0.474. The van der Waals surface area contributed by atoms with Crippen LogP contribution < -0.4 is 10.6 Å². The molecule has 0 radical (unpaired) electrons. The number of amides is 1. The molecule has 2 aromatic rings. The van der Waals surface area contributed by atoms with Gasteiger partial charge < -0.3 is 10.6 Å². The molecule has 2 atom stereocenters. The first kappa shape index (κ1) is 14.6. The summed E-state index contributed by atoms with van der Waals surface area (Å²) in [6.07, 6.45) is 4.53. The Morgan fingerprint density at radius 3 is 2.87 bits per heavy atom. The van der Waals surface area contributed by atoms with E-state index >= 15 is 0 Å². The average Bonchev–Trinajstić information content (AvgIpc) is 3.41. The molecule has 2 unspecified atom stereocenters. The summed E-state index contributed by atoms with van der Waals surface area (Å²) in [5.41, 5.74) is 2.77. The topological polar surface area (TPSA) is 54.0 Å². The standard InChI is InChI=1S/C19H23N3O/c1-12-16(7-4-10-20-12)22-19(23)15-11-18(13-8-9-13)21-17-6-3-2-5-14(15)17/h2-3,5-6,11-13,16,20H,4,7-10H2,1H3,(H,22,23). The van der Waals surface area contributed by atoms with E-state index in [0.717, 1.165) is 41.5 Å². The Morgan fingerprint density at radius 1 is 1.26 bits per heavy atom. The molecule has 4 rings (SSSR count). The van der Waals surface area contributed by atoms with E-state index in [4.69, 9.17) is 4.98 Å². The van der Waals surface area contributed by atoms with Crippen molar-refractivity contribution in [2.45, 2.75) is 50.6 Å². The van der Waals surface area contributed by atoms with Gasteiger partial charge in [-0.25, -0.2) is 0 Å². The second-order valence-corrected chi connectivity index (χ2v) is 6.85. The van der Waals surface area contributed by atoms with E-state index in [1.807, 2.05) is 30.3 Å². The summed E-state index contributed by atoms with van der Waals surface area (Å²) in [6.45, 7) is 3.18. The van der Waals surface area contributed by atoms with Gasteiger partial charge in [0.1, 0.15) is 0 Å². The number of hydrogen-bond acceptors (Lipinski definition) is 3. The smallest absolute Gasteiger partial charge is 0.252 e. The molecule has 2 aliphatic rings. The maximum Gasteiger partial charge on any atom is 0.252 e. The van der Waals surface area contributed by atoms with Gasteiger partial charge in [0, 0.05) is 29.1 Å². The molecule has 1 aliphatic carbocycles. The van der Waals surface area contributed by atoms with Gasteiger partial charge >= 0.3 is 0 Å². The molecule has 4 heteroatoms. The summed E-state index contributed by atoms with van der Waals surface area (Å²) in [6, 6.07) is 10.5. The van der Waals surface area contributed by atoms with Crippen LogP contribution in [0.3, 0.4) is 0 Å². The van der Waals surface area contributed by atoms with Crippen molar-refractivity contribution in [3.05, 3.63) is 41.6 Å². The van der Waals surface area contributed by atoms with Gasteiger partial charge in [0.05, 0.1) is 11.1 Å². The number of carbonyl (C=O) groups excluding carboxylic acids is 1. The zero-order valence-corrected chi connectivity index (χ0v) is 13.5. The van der Waals surface area contributed by atoms with Crippen LogP contribution in [-0.2, 0) is 0 Å². The van der Waals surface area contributed by atoms with Crippen molar-refractivity contribution in [1.82, 2.24) is 15.6 Å². The average molecular weight is 309 g/mol. The van der Waals surface area contributed by atoms with Crippen LogP contribution in [-0.4, -0.2) is 29.5 Å². The lowest BCUT2D eigenvalue weighted by Gasteiger charge is -2.30. The highest BCUT2D eigenvalue weighted by molar-refractivity contribution is 6.06. The van der Waals surface area contributed by atoms with Crippen LogP contribution in [0.25, 0.3) is 10.9 Å². The van der Waals surface area contributed by atoms with E-state index in [-0.39, 0.29) is 11.9 Å². The number of benzene rings is 1. The molecule has 1 amide bonds. The maximum absolute atomic E-state index is 12.9. The minimum atomic E-state index is 0.0334. The van der Waals surface area contributed by atoms with Crippen LogP contribution in [0, 0.1) is 0 Å². The number of aromatic nitrogens is 1. The van der Waals surface area contributed by atoms with Crippen molar-refractivity contribution in [1.29, 1.82) is 0 Å². The maximum atomic E-state index is 12.9. The van der Waals surface area contributed by atoms with E-state index in [9.17, 15) is 4.79 Å². The number of hydrogen-bond donors (Lipinski definition) is 2. The molecular weight excluding hydrogens is 286 g/mol. The zero-order chi connectivity index (χ0) is 15.8. The molecule has 1 saturated carbocycles. The Kier molecular flexibility index (Phi) is 3.77. The minimum absolute atomic E-state index is 0.0334. The summed E-state index contributed by atoms with van der Waals surface area (Å²) in [5.74, 6) is 0.576. The lowest BCUT2D eigenvalue weighted by atomic mass is 9.98. The molecule has 1 aromatic heterocycles. The largest absolute Gasteiger partial charge is 0.348 e. The van der Waals surface area contributed by atoms with Gasteiger partial charge in [0.15, 0.2) is 0 Å². The van der Waals surface area contributed by atoms with Crippen molar-refractivity contribution in [3.63, 3.8) is 0 Å². The zero-order valence-electron chi connectivity index (χ0n) is 13.5. The molecule has 0 bridgehead atoms. The molecule has 23 heavy (non-hydrogen) atoms. The molecule has 1 saturated heterocycles. The van der Waals surface area contributed by atoms with Crippen LogP contribution in [0.2, 0.25) is 0 Å². The summed E-state index contributed by atoms with van der Waals surface area (Å²) in [7, 11) is 0. The number of carbonyl (C=O) groups is 1. The predicted molar refractivity (Wildman–Crippen MR) is 91.7 cm³/mol. The predicted octanol–water partition coefficient (Wildman–Crippen LogP) is 2.98. The lowest BCUT2D eigenvalue weighted by molar-refractivity contribution is 0.0921. The molecule has 0 spiro atoms. The highest BCUT2D eigenvalue weighted by Gasteiger charge is 2.28. The van der Waals surface area contributed by atoms with Gasteiger partial charge in [-0.1, -0.05) is 18.2 Å². The molecule has 2 heterocycles. The number of rotatable bonds is 3. The first-order chi connectivity index (χ1) is 11.2.